The molecule has 23 heavy (non-hydrogen) atoms. The summed E-state index contributed by atoms with van der Waals surface area (Å²) in [5, 5.41) is 2.74. The van der Waals surface area contributed by atoms with Crippen molar-refractivity contribution in [3.8, 4) is 0 Å². The first-order chi connectivity index (χ1) is 11.0. The van der Waals surface area contributed by atoms with E-state index in [-0.39, 0.29) is 30.8 Å². The van der Waals surface area contributed by atoms with E-state index in [1.54, 1.807) is 6.07 Å². The van der Waals surface area contributed by atoms with Crippen molar-refractivity contribution in [2.24, 2.45) is 0 Å². The molecular weight excluding hydrogens is 302 g/mol. The lowest BCUT2D eigenvalue weighted by Crippen LogP contribution is -2.37. The van der Waals surface area contributed by atoms with Gasteiger partial charge < -0.3 is 10.2 Å². The van der Waals surface area contributed by atoms with Crippen molar-refractivity contribution in [2.75, 3.05) is 11.4 Å². The molecule has 1 unspecified atom stereocenters. The predicted molar refractivity (Wildman–Crippen MR) is 81.0 cm³/mol. The van der Waals surface area contributed by atoms with Crippen LogP contribution in [0.5, 0.6) is 0 Å². The van der Waals surface area contributed by atoms with E-state index in [2.05, 4.69) is 5.32 Å². The normalized spacial score (nSPS) is 17.4. The number of carbonyl (C=O) groups excluding carboxylic acids is 2. The van der Waals surface area contributed by atoms with Gasteiger partial charge in [0, 0.05) is 24.2 Å². The molecule has 3 rings (SSSR count). The molecule has 4 nitrogen and oxygen atoms in total. The van der Waals surface area contributed by atoms with Crippen molar-refractivity contribution in [1.82, 2.24) is 5.32 Å². The largest absolute Gasteiger partial charge is 0.347 e. The van der Waals surface area contributed by atoms with Gasteiger partial charge in [0.15, 0.2) is 0 Å². The second-order valence-electron chi connectivity index (χ2n) is 5.37. The van der Waals surface area contributed by atoms with Crippen molar-refractivity contribution < 1.29 is 18.4 Å². The van der Waals surface area contributed by atoms with E-state index in [1.807, 2.05) is 0 Å². The van der Waals surface area contributed by atoms with Crippen LogP contribution < -0.4 is 10.2 Å². The van der Waals surface area contributed by atoms with Crippen LogP contribution in [0.2, 0.25) is 0 Å². The van der Waals surface area contributed by atoms with Crippen molar-refractivity contribution in [3.05, 3.63) is 65.7 Å². The minimum absolute atomic E-state index is 0.142. The third-order valence-corrected chi connectivity index (χ3v) is 3.69. The molecular formula is C17H14F2N2O2. The van der Waals surface area contributed by atoms with Crippen LogP contribution in [0, 0.1) is 11.6 Å². The Morgan fingerprint density at radius 3 is 2.52 bits per heavy atom. The van der Waals surface area contributed by atoms with E-state index in [4.69, 9.17) is 0 Å². The zero-order valence-corrected chi connectivity index (χ0v) is 12.1. The van der Waals surface area contributed by atoms with Gasteiger partial charge in [-0.15, -0.1) is 0 Å². The van der Waals surface area contributed by atoms with Gasteiger partial charge in [-0.25, -0.2) is 8.78 Å². The Labute approximate surface area is 131 Å². The van der Waals surface area contributed by atoms with Gasteiger partial charge in [0.2, 0.25) is 5.91 Å². The first-order valence-corrected chi connectivity index (χ1v) is 7.15. The Hall–Kier alpha value is -2.76. The first-order valence-electron chi connectivity index (χ1n) is 7.15. The second-order valence-corrected chi connectivity index (χ2v) is 5.37. The Bertz CT molecular complexity index is 747. The summed E-state index contributed by atoms with van der Waals surface area (Å²) < 4.78 is 26.1. The molecule has 0 spiro atoms. The van der Waals surface area contributed by atoms with Crippen LogP contribution in [-0.4, -0.2) is 24.4 Å². The molecule has 2 aromatic rings. The molecule has 1 heterocycles. The van der Waals surface area contributed by atoms with Crippen LogP contribution in [0.4, 0.5) is 14.5 Å². The number of nitrogens with one attached hydrogen (secondary N) is 1. The summed E-state index contributed by atoms with van der Waals surface area (Å²) in [7, 11) is 0. The third-order valence-electron chi connectivity index (χ3n) is 3.69. The third kappa shape index (κ3) is 3.36. The minimum Gasteiger partial charge on any atom is -0.347 e. The molecule has 0 saturated carbocycles. The Balaban J connectivity index is 1.68. The van der Waals surface area contributed by atoms with Crippen LogP contribution in [-0.2, 0) is 4.79 Å². The number of hydrogen-bond acceptors (Lipinski definition) is 2. The lowest BCUT2D eigenvalue weighted by molar-refractivity contribution is -0.117. The maximum atomic E-state index is 13.3. The number of anilines is 1. The molecule has 1 fully saturated rings. The molecule has 0 bridgehead atoms. The van der Waals surface area contributed by atoms with Crippen molar-refractivity contribution in [2.45, 2.75) is 12.5 Å². The number of amides is 2. The van der Waals surface area contributed by atoms with Crippen LogP contribution in [0.1, 0.15) is 16.8 Å². The van der Waals surface area contributed by atoms with E-state index in [1.165, 1.54) is 47.4 Å². The van der Waals surface area contributed by atoms with Crippen molar-refractivity contribution in [3.63, 3.8) is 0 Å². The molecule has 1 aliphatic heterocycles. The summed E-state index contributed by atoms with van der Waals surface area (Å²) >= 11 is 0. The monoisotopic (exact) mass is 316 g/mol. The molecule has 118 valence electrons. The Kier molecular flexibility index (Phi) is 4.06. The van der Waals surface area contributed by atoms with Crippen LogP contribution in [0.25, 0.3) is 0 Å². The van der Waals surface area contributed by atoms with Crippen LogP contribution >= 0.6 is 0 Å². The summed E-state index contributed by atoms with van der Waals surface area (Å²) in [6, 6.07) is 10.6. The molecule has 1 aliphatic rings. The second kappa shape index (κ2) is 6.16. The van der Waals surface area contributed by atoms with Gasteiger partial charge in [-0.3, -0.25) is 9.59 Å². The Morgan fingerprint density at radius 1 is 1.09 bits per heavy atom. The minimum atomic E-state index is -0.422. The number of carbonyl (C=O) groups is 2. The fourth-order valence-corrected chi connectivity index (χ4v) is 2.57. The van der Waals surface area contributed by atoms with Gasteiger partial charge in [0.25, 0.3) is 5.91 Å². The summed E-state index contributed by atoms with van der Waals surface area (Å²) in [5.41, 5.74) is 0.789. The highest BCUT2D eigenvalue weighted by Crippen LogP contribution is 2.22. The van der Waals surface area contributed by atoms with Gasteiger partial charge in [-0.05, 0) is 42.5 Å². The molecule has 1 N–H and O–H groups in total. The molecule has 2 amide bonds. The maximum Gasteiger partial charge on any atom is 0.251 e. The van der Waals surface area contributed by atoms with Gasteiger partial charge in [-0.2, -0.15) is 0 Å². The summed E-state index contributed by atoms with van der Waals surface area (Å²) in [4.78, 5) is 25.6. The first kappa shape index (κ1) is 15.1. The predicted octanol–water partition coefficient (Wildman–Crippen LogP) is 2.50. The molecule has 0 aromatic heterocycles. The molecule has 6 heteroatoms. The van der Waals surface area contributed by atoms with Crippen molar-refractivity contribution in [1.29, 1.82) is 0 Å². The summed E-state index contributed by atoms with van der Waals surface area (Å²) in [5.74, 6) is -1.40. The van der Waals surface area contributed by atoms with E-state index in [9.17, 15) is 18.4 Å². The topological polar surface area (TPSA) is 49.4 Å². The fraction of sp³-hybridized carbons (Fsp3) is 0.176. The van der Waals surface area contributed by atoms with Crippen LogP contribution in [0.15, 0.2) is 48.5 Å². The van der Waals surface area contributed by atoms with E-state index in [0.29, 0.717) is 11.3 Å². The zero-order valence-electron chi connectivity index (χ0n) is 12.1. The smallest absolute Gasteiger partial charge is 0.251 e. The van der Waals surface area contributed by atoms with E-state index < -0.39 is 11.6 Å². The zero-order chi connectivity index (χ0) is 16.4. The van der Waals surface area contributed by atoms with E-state index >= 15 is 0 Å². The highest BCUT2D eigenvalue weighted by atomic mass is 19.1. The van der Waals surface area contributed by atoms with Crippen LogP contribution in [0.3, 0.4) is 0 Å². The average molecular weight is 316 g/mol. The number of nitrogens with zero attached hydrogens (tertiary/aromatic N) is 1. The molecule has 1 saturated heterocycles. The number of rotatable bonds is 3. The van der Waals surface area contributed by atoms with Gasteiger partial charge in [0.1, 0.15) is 11.6 Å². The molecule has 1 atom stereocenters. The highest BCUT2D eigenvalue weighted by Gasteiger charge is 2.31. The summed E-state index contributed by atoms with van der Waals surface area (Å²) in [6.07, 6.45) is 0.142. The highest BCUT2D eigenvalue weighted by molar-refractivity contribution is 5.98. The summed E-state index contributed by atoms with van der Waals surface area (Å²) in [6.45, 7) is 0.273. The van der Waals surface area contributed by atoms with Gasteiger partial charge in [-0.1, -0.05) is 6.07 Å². The van der Waals surface area contributed by atoms with E-state index in [0.717, 1.165) is 0 Å². The Morgan fingerprint density at radius 2 is 1.83 bits per heavy atom. The average Bonchev–Trinajstić information content (AvgIpc) is 2.88. The van der Waals surface area contributed by atoms with Crippen molar-refractivity contribution >= 4 is 17.5 Å². The number of hydrogen-bond donors (Lipinski definition) is 1. The number of halogens is 2. The lowest BCUT2D eigenvalue weighted by Gasteiger charge is -2.17. The quantitative estimate of drug-likeness (QED) is 0.946. The molecule has 2 aromatic carbocycles. The van der Waals surface area contributed by atoms with Gasteiger partial charge in [0.05, 0.1) is 6.04 Å². The lowest BCUT2D eigenvalue weighted by atomic mass is 10.2. The van der Waals surface area contributed by atoms with Gasteiger partial charge >= 0.3 is 0 Å². The SMILES string of the molecule is O=C(NC1CC(=O)N(c2cccc(F)c2)C1)c1ccc(F)cc1. The molecule has 0 radical (unpaired) electrons. The fourth-order valence-electron chi connectivity index (χ4n) is 2.57. The maximum absolute atomic E-state index is 13.3. The number of benzene rings is 2. The molecule has 0 aliphatic carbocycles. The standard InChI is InChI=1S/C17H14F2N2O2/c18-12-6-4-11(5-7-12)17(23)20-14-9-16(22)21(10-14)15-3-1-2-13(19)8-15/h1-8,14H,9-10H2,(H,20,23).